The first kappa shape index (κ1) is 22.0. The van der Waals surface area contributed by atoms with Crippen LogP contribution in [0.25, 0.3) is 22.2 Å². The molecule has 0 bridgehead atoms. The molecule has 0 fully saturated rings. The fourth-order valence-electron chi connectivity index (χ4n) is 4.07. The molecule has 4 aromatic rings. The smallest absolute Gasteiger partial charge is 0.270 e. The molecule has 0 radical (unpaired) electrons. The summed E-state index contributed by atoms with van der Waals surface area (Å²) < 4.78 is 2.07. The molecule has 0 aliphatic rings. The van der Waals surface area contributed by atoms with Gasteiger partial charge in [-0.15, -0.1) is 0 Å². The molecule has 0 saturated carbocycles. The summed E-state index contributed by atoms with van der Waals surface area (Å²) in [5.74, 6) is -0.378. The lowest BCUT2D eigenvalue weighted by molar-refractivity contribution is 0.0947. The second-order valence-corrected chi connectivity index (χ2v) is 8.39. The molecular weight excluding hydrogens is 414 g/mol. The van der Waals surface area contributed by atoms with Gasteiger partial charge in [0.25, 0.3) is 11.5 Å². The van der Waals surface area contributed by atoms with Gasteiger partial charge in [0.05, 0.1) is 22.8 Å². The van der Waals surface area contributed by atoms with Crippen LogP contribution in [-0.4, -0.2) is 20.4 Å². The number of aromatic nitrogens is 3. The molecule has 4 rings (SSSR count). The Hall–Kier alpha value is -4.18. The first-order valence-corrected chi connectivity index (χ1v) is 10.8. The molecule has 166 valence electrons. The summed E-state index contributed by atoms with van der Waals surface area (Å²) in [5.41, 5.74) is 4.71. The summed E-state index contributed by atoms with van der Waals surface area (Å²) in [7, 11) is 0. The van der Waals surface area contributed by atoms with Crippen molar-refractivity contribution in [3.63, 3.8) is 0 Å². The molecule has 0 unspecified atom stereocenters. The zero-order valence-corrected chi connectivity index (χ0v) is 19.1. The summed E-state index contributed by atoms with van der Waals surface area (Å²) in [6.07, 6.45) is 1.93. The standard InChI is InChI=1S/C26H25N5O2/c1-15(2)31-10-9-20-23(31)12-22(19-8-6-5-7-18(19)13-27)30-24(20)26(33)28-14-21-16(3)11-17(4)29-25(21)32/h5-12,15H,14H2,1-4H3,(H,28,33)(H,29,32). The third-order valence-electron chi connectivity index (χ3n) is 5.73. The zero-order chi connectivity index (χ0) is 23.7. The number of carbonyl (C=O) groups excluding carboxylic acids is 1. The fourth-order valence-corrected chi connectivity index (χ4v) is 4.07. The quantitative estimate of drug-likeness (QED) is 0.481. The average molecular weight is 440 g/mol. The van der Waals surface area contributed by atoms with Crippen LogP contribution in [0.2, 0.25) is 0 Å². The van der Waals surface area contributed by atoms with Crippen LogP contribution in [0.15, 0.2) is 53.5 Å². The molecule has 3 heterocycles. The van der Waals surface area contributed by atoms with E-state index in [-0.39, 0.29) is 29.7 Å². The van der Waals surface area contributed by atoms with Gasteiger partial charge < -0.3 is 14.9 Å². The summed E-state index contributed by atoms with van der Waals surface area (Å²) in [6.45, 7) is 7.89. The Morgan fingerprint density at radius 3 is 2.67 bits per heavy atom. The van der Waals surface area contributed by atoms with Crippen LogP contribution in [0.4, 0.5) is 0 Å². The highest BCUT2D eigenvalue weighted by atomic mass is 16.2. The maximum Gasteiger partial charge on any atom is 0.270 e. The van der Waals surface area contributed by atoms with Gasteiger partial charge >= 0.3 is 0 Å². The van der Waals surface area contributed by atoms with Crippen LogP contribution >= 0.6 is 0 Å². The normalized spacial score (nSPS) is 11.0. The van der Waals surface area contributed by atoms with Gasteiger partial charge in [-0.3, -0.25) is 9.59 Å². The second-order valence-electron chi connectivity index (χ2n) is 8.39. The van der Waals surface area contributed by atoms with Crippen molar-refractivity contribution in [2.24, 2.45) is 0 Å². The minimum absolute atomic E-state index is 0.0906. The average Bonchev–Trinajstić information content (AvgIpc) is 3.21. The van der Waals surface area contributed by atoms with E-state index in [0.717, 1.165) is 16.8 Å². The molecule has 7 nitrogen and oxygen atoms in total. The van der Waals surface area contributed by atoms with E-state index >= 15 is 0 Å². The Balaban J connectivity index is 1.80. The van der Waals surface area contributed by atoms with Crippen molar-refractivity contribution >= 4 is 16.8 Å². The molecule has 0 atom stereocenters. The first-order chi connectivity index (χ1) is 15.8. The van der Waals surface area contributed by atoms with Gasteiger partial charge in [0.1, 0.15) is 5.69 Å². The van der Waals surface area contributed by atoms with Crippen molar-refractivity contribution in [3.8, 4) is 17.3 Å². The highest BCUT2D eigenvalue weighted by molar-refractivity contribution is 6.06. The predicted octanol–water partition coefficient (Wildman–Crippen LogP) is 4.39. The van der Waals surface area contributed by atoms with Gasteiger partial charge in [-0.05, 0) is 57.5 Å². The lowest BCUT2D eigenvalue weighted by Gasteiger charge is -2.13. The van der Waals surface area contributed by atoms with Crippen LogP contribution in [-0.2, 0) is 6.54 Å². The van der Waals surface area contributed by atoms with Crippen molar-refractivity contribution in [2.75, 3.05) is 0 Å². The zero-order valence-electron chi connectivity index (χ0n) is 19.1. The van der Waals surface area contributed by atoms with Gasteiger partial charge in [0.15, 0.2) is 0 Å². The number of benzene rings is 1. The van der Waals surface area contributed by atoms with Gasteiger partial charge in [0, 0.05) is 41.0 Å². The molecule has 0 saturated heterocycles. The van der Waals surface area contributed by atoms with E-state index in [1.54, 1.807) is 12.1 Å². The number of hydrogen-bond donors (Lipinski definition) is 2. The number of aromatic amines is 1. The van der Waals surface area contributed by atoms with Crippen LogP contribution in [0.5, 0.6) is 0 Å². The van der Waals surface area contributed by atoms with Gasteiger partial charge in [-0.25, -0.2) is 4.98 Å². The number of rotatable bonds is 5. The molecule has 0 aliphatic carbocycles. The fraction of sp³-hybridized carbons (Fsp3) is 0.231. The van der Waals surface area contributed by atoms with E-state index in [9.17, 15) is 14.9 Å². The first-order valence-electron chi connectivity index (χ1n) is 10.8. The Morgan fingerprint density at radius 1 is 1.21 bits per heavy atom. The number of hydrogen-bond acceptors (Lipinski definition) is 4. The highest BCUT2D eigenvalue weighted by Gasteiger charge is 2.19. The van der Waals surface area contributed by atoms with Crippen LogP contribution < -0.4 is 10.9 Å². The number of nitriles is 1. The monoisotopic (exact) mass is 439 g/mol. The number of nitrogens with one attached hydrogen (secondary N) is 2. The minimum atomic E-state index is -0.378. The second kappa shape index (κ2) is 8.75. The van der Waals surface area contributed by atoms with Gasteiger partial charge in [-0.2, -0.15) is 5.26 Å². The summed E-state index contributed by atoms with van der Waals surface area (Å²) in [4.78, 5) is 33.1. The maximum atomic E-state index is 13.3. The van der Waals surface area contributed by atoms with Crippen LogP contribution in [0.3, 0.4) is 0 Å². The molecule has 2 N–H and O–H groups in total. The number of nitrogens with zero attached hydrogens (tertiary/aromatic N) is 3. The molecule has 0 spiro atoms. The number of pyridine rings is 2. The summed E-state index contributed by atoms with van der Waals surface area (Å²) in [6, 6.07) is 15.2. The Kier molecular flexibility index (Phi) is 5.84. The molecule has 7 heteroatoms. The van der Waals surface area contributed by atoms with E-state index in [1.165, 1.54) is 0 Å². The van der Waals surface area contributed by atoms with Crippen molar-refractivity contribution in [2.45, 2.75) is 40.3 Å². The van der Waals surface area contributed by atoms with Crippen LogP contribution in [0, 0.1) is 25.2 Å². The molecule has 0 aliphatic heterocycles. The lowest BCUT2D eigenvalue weighted by Crippen LogP contribution is -2.28. The molecule has 33 heavy (non-hydrogen) atoms. The largest absolute Gasteiger partial charge is 0.346 e. The SMILES string of the molecule is Cc1cc(C)c(CNC(=O)c2nc(-c3ccccc3C#N)cc3c2ccn3C(C)C)c(=O)[nH]1. The topological polar surface area (TPSA) is 104 Å². The van der Waals surface area contributed by atoms with E-state index in [2.05, 4.69) is 39.8 Å². The van der Waals surface area contributed by atoms with Crippen molar-refractivity contribution in [1.82, 2.24) is 19.9 Å². The van der Waals surface area contributed by atoms with Gasteiger partial charge in [-0.1, -0.05) is 18.2 Å². The Bertz CT molecular complexity index is 1470. The van der Waals surface area contributed by atoms with Crippen molar-refractivity contribution < 1.29 is 4.79 Å². The predicted molar refractivity (Wildman–Crippen MR) is 128 cm³/mol. The van der Waals surface area contributed by atoms with E-state index in [4.69, 9.17) is 0 Å². The third kappa shape index (κ3) is 4.15. The van der Waals surface area contributed by atoms with Crippen molar-refractivity contribution in [1.29, 1.82) is 5.26 Å². The Labute approximate surface area is 191 Å². The maximum absolute atomic E-state index is 13.3. The van der Waals surface area contributed by atoms with Crippen molar-refractivity contribution in [3.05, 3.63) is 87.1 Å². The van der Waals surface area contributed by atoms with E-state index in [1.807, 2.05) is 50.4 Å². The molecule has 1 amide bonds. The number of H-pyrrole nitrogens is 1. The summed E-state index contributed by atoms with van der Waals surface area (Å²) >= 11 is 0. The third-order valence-corrected chi connectivity index (χ3v) is 5.73. The number of fused-ring (bicyclic) bond motifs is 1. The molecule has 3 aromatic heterocycles. The van der Waals surface area contributed by atoms with E-state index < -0.39 is 0 Å². The lowest BCUT2D eigenvalue weighted by atomic mass is 10.0. The number of carbonyl (C=O) groups is 1. The minimum Gasteiger partial charge on any atom is -0.346 e. The number of aryl methyl sites for hydroxylation is 2. The number of amides is 1. The molecule has 1 aromatic carbocycles. The Morgan fingerprint density at radius 2 is 1.97 bits per heavy atom. The van der Waals surface area contributed by atoms with Gasteiger partial charge in [0.2, 0.25) is 0 Å². The van der Waals surface area contributed by atoms with E-state index in [0.29, 0.717) is 27.8 Å². The highest BCUT2D eigenvalue weighted by Crippen LogP contribution is 2.29. The summed E-state index contributed by atoms with van der Waals surface area (Å²) in [5, 5.41) is 13.1. The van der Waals surface area contributed by atoms with Crippen LogP contribution in [0.1, 0.15) is 52.8 Å². The molecular formula is C26H25N5O2.